The summed E-state index contributed by atoms with van der Waals surface area (Å²) in [5.41, 5.74) is 1.59. The molecule has 1 aromatic carbocycles. The number of rotatable bonds is 5. The van der Waals surface area contributed by atoms with Crippen molar-refractivity contribution < 1.29 is 4.79 Å². The fourth-order valence-electron chi connectivity index (χ4n) is 1.81. The van der Waals surface area contributed by atoms with E-state index in [2.05, 4.69) is 20.8 Å². The summed E-state index contributed by atoms with van der Waals surface area (Å²) in [4.78, 5) is 11.9. The third-order valence-corrected chi connectivity index (χ3v) is 2.82. The number of carbonyl (C=O) groups is 1. The lowest BCUT2D eigenvalue weighted by molar-refractivity contribution is -0.115. The first-order valence-electron chi connectivity index (χ1n) is 6.54. The fourth-order valence-corrected chi connectivity index (χ4v) is 1.81. The molecule has 20 heavy (non-hydrogen) atoms. The van der Waals surface area contributed by atoms with Gasteiger partial charge in [-0.2, -0.15) is 0 Å². The predicted molar refractivity (Wildman–Crippen MR) is 78.2 cm³/mol. The van der Waals surface area contributed by atoms with Crippen molar-refractivity contribution >= 4 is 11.6 Å². The topological polar surface area (TPSA) is 71.8 Å². The first kappa shape index (κ1) is 14.2. The second-order valence-corrected chi connectivity index (χ2v) is 4.89. The van der Waals surface area contributed by atoms with E-state index in [1.807, 2.05) is 49.7 Å². The van der Waals surface area contributed by atoms with Crippen LogP contribution in [0.25, 0.3) is 11.4 Å². The molecule has 1 amide bonds. The van der Waals surface area contributed by atoms with E-state index >= 15 is 0 Å². The van der Waals surface area contributed by atoms with E-state index in [0.29, 0.717) is 0 Å². The first-order chi connectivity index (χ1) is 9.58. The number of nitrogens with one attached hydrogen (secondary N) is 2. The smallest absolute Gasteiger partial charge is 0.238 e. The Morgan fingerprint density at radius 3 is 2.75 bits per heavy atom. The van der Waals surface area contributed by atoms with E-state index in [4.69, 9.17) is 0 Å². The van der Waals surface area contributed by atoms with Gasteiger partial charge >= 0.3 is 0 Å². The van der Waals surface area contributed by atoms with Crippen LogP contribution >= 0.6 is 0 Å². The predicted octanol–water partition coefficient (Wildman–Crippen LogP) is 1.42. The number of hydrogen-bond donors (Lipinski definition) is 2. The quantitative estimate of drug-likeness (QED) is 0.864. The summed E-state index contributed by atoms with van der Waals surface area (Å²) < 4.78 is 1.82. The highest BCUT2D eigenvalue weighted by atomic mass is 16.1. The van der Waals surface area contributed by atoms with Crippen molar-refractivity contribution in [3.05, 3.63) is 30.6 Å². The maximum Gasteiger partial charge on any atom is 0.238 e. The molecule has 0 saturated carbocycles. The summed E-state index contributed by atoms with van der Waals surface area (Å²) >= 11 is 0. The van der Waals surface area contributed by atoms with Gasteiger partial charge in [0, 0.05) is 18.7 Å². The van der Waals surface area contributed by atoms with E-state index < -0.39 is 0 Å². The van der Waals surface area contributed by atoms with Crippen LogP contribution in [-0.4, -0.2) is 33.3 Å². The molecule has 0 bridgehead atoms. The normalized spacial score (nSPS) is 10.8. The maximum absolute atomic E-state index is 11.9. The van der Waals surface area contributed by atoms with Gasteiger partial charge in [0.05, 0.1) is 12.2 Å². The molecule has 106 valence electrons. The zero-order valence-electron chi connectivity index (χ0n) is 11.9. The van der Waals surface area contributed by atoms with Crippen LogP contribution in [0.3, 0.4) is 0 Å². The van der Waals surface area contributed by atoms with Crippen LogP contribution < -0.4 is 10.6 Å². The first-order valence-corrected chi connectivity index (χ1v) is 6.54. The van der Waals surface area contributed by atoms with Gasteiger partial charge in [-0.3, -0.25) is 4.79 Å². The molecule has 2 N–H and O–H groups in total. The van der Waals surface area contributed by atoms with Gasteiger partial charge in [-0.15, -0.1) is 10.2 Å². The average Bonchev–Trinajstić information content (AvgIpc) is 2.83. The largest absolute Gasteiger partial charge is 0.324 e. The second kappa shape index (κ2) is 6.29. The van der Waals surface area contributed by atoms with E-state index in [-0.39, 0.29) is 18.5 Å². The fraction of sp³-hybridized carbons (Fsp3) is 0.357. The number of aromatic nitrogens is 3. The lowest BCUT2D eigenvalue weighted by Gasteiger charge is -2.12. The minimum Gasteiger partial charge on any atom is -0.324 e. The molecule has 0 radical (unpaired) electrons. The third-order valence-electron chi connectivity index (χ3n) is 2.82. The molecule has 1 heterocycles. The molecule has 0 aliphatic heterocycles. The van der Waals surface area contributed by atoms with Crippen molar-refractivity contribution in [2.24, 2.45) is 7.05 Å². The van der Waals surface area contributed by atoms with Crippen LogP contribution in [0.4, 0.5) is 5.69 Å². The van der Waals surface area contributed by atoms with Gasteiger partial charge in [0.25, 0.3) is 0 Å². The van der Waals surface area contributed by atoms with Crippen LogP contribution in [0.2, 0.25) is 0 Å². The molecule has 2 aromatic rings. The Morgan fingerprint density at radius 2 is 2.10 bits per heavy atom. The van der Waals surface area contributed by atoms with E-state index in [1.165, 1.54) is 0 Å². The third kappa shape index (κ3) is 3.42. The van der Waals surface area contributed by atoms with E-state index in [9.17, 15) is 4.79 Å². The molecule has 0 unspecified atom stereocenters. The van der Waals surface area contributed by atoms with Gasteiger partial charge in [-0.25, -0.2) is 0 Å². The maximum atomic E-state index is 11.9. The number of hydrogen-bond acceptors (Lipinski definition) is 4. The molecule has 0 aliphatic carbocycles. The summed E-state index contributed by atoms with van der Waals surface area (Å²) in [5.74, 6) is 0.644. The second-order valence-electron chi connectivity index (χ2n) is 4.89. The lowest BCUT2D eigenvalue weighted by Crippen LogP contribution is -2.32. The number of carbonyl (C=O) groups excluding carboxylic acids is 1. The zero-order chi connectivity index (χ0) is 14.5. The summed E-state index contributed by atoms with van der Waals surface area (Å²) in [5, 5.41) is 13.9. The number of amides is 1. The van der Waals surface area contributed by atoms with Crippen molar-refractivity contribution in [3.8, 4) is 11.4 Å². The monoisotopic (exact) mass is 273 g/mol. The van der Waals surface area contributed by atoms with E-state index in [1.54, 1.807) is 6.33 Å². The van der Waals surface area contributed by atoms with Gasteiger partial charge in [-0.1, -0.05) is 26.0 Å². The molecule has 0 atom stereocenters. The van der Waals surface area contributed by atoms with Gasteiger partial charge in [0.2, 0.25) is 5.91 Å². The van der Waals surface area contributed by atoms with Gasteiger partial charge < -0.3 is 15.2 Å². The molecule has 6 heteroatoms. The van der Waals surface area contributed by atoms with Crippen LogP contribution in [0, 0.1) is 0 Å². The Hall–Kier alpha value is -2.21. The standard InChI is InChI=1S/C14H19N5O/c1-10(2)15-8-13(20)17-12-7-5-4-6-11(12)14-18-16-9-19(14)3/h4-7,9-10,15H,8H2,1-3H3,(H,17,20). The molecule has 1 aromatic heterocycles. The van der Waals surface area contributed by atoms with Crippen molar-refractivity contribution in [1.82, 2.24) is 20.1 Å². The zero-order valence-corrected chi connectivity index (χ0v) is 11.9. The van der Waals surface area contributed by atoms with Crippen LogP contribution in [0.1, 0.15) is 13.8 Å². The van der Waals surface area contributed by atoms with Crippen LogP contribution in [-0.2, 0) is 11.8 Å². The van der Waals surface area contributed by atoms with Gasteiger partial charge in [-0.05, 0) is 12.1 Å². The number of anilines is 1. The number of para-hydroxylation sites is 1. The SMILES string of the molecule is CC(C)NCC(=O)Nc1ccccc1-c1nncn1C. The molecular weight excluding hydrogens is 254 g/mol. The molecule has 0 fully saturated rings. The van der Waals surface area contributed by atoms with Crippen molar-refractivity contribution in [3.63, 3.8) is 0 Å². The highest BCUT2D eigenvalue weighted by Gasteiger charge is 2.12. The minimum atomic E-state index is -0.0756. The summed E-state index contributed by atoms with van der Waals surface area (Å²) in [6.07, 6.45) is 1.63. The summed E-state index contributed by atoms with van der Waals surface area (Å²) in [6, 6.07) is 7.83. The lowest BCUT2D eigenvalue weighted by atomic mass is 10.1. The van der Waals surface area contributed by atoms with Crippen LogP contribution in [0.15, 0.2) is 30.6 Å². The molecule has 0 spiro atoms. The number of benzene rings is 1. The van der Waals surface area contributed by atoms with Crippen molar-refractivity contribution in [1.29, 1.82) is 0 Å². The number of aryl methyl sites for hydroxylation is 1. The Morgan fingerprint density at radius 1 is 1.35 bits per heavy atom. The Bertz CT molecular complexity index is 591. The summed E-state index contributed by atoms with van der Waals surface area (Å²) in [6.45, 7) is 4.28. The highest BCUT2D eigenvalue weighted by molar-refractivity contribution is 5.95. The van der Waals surface area contributed by atoms with Gasteiger partial charge in [0.15, 0.2) is 5.82 Å². The molecule has 2 rings (SSSR count). The number of nitrogens with zero attached hydrogens (tertiary/aromatic N) is 3. The summed E-state index contributed by atoms with van der Waals surface area (Å²) in [7, 11) is 1.87. The van der Waals surface area contributed by atoms with Gasteiger partial charge in [0.1, 0.15) is 6.33 Å². The highest BCUT2D eigenvalue weighted by Crippen LogP contribution is 2.25. The Balaban J connectivity index is 2.17. The minimum absolute atomic E-state index is 0.0756. The molecule has 0 saturated heterocycles. The van der Waals surface area contributed by atoms with Crippen LogP contribution in [0.5, 0.6) is 0 Å². The molecular formula is C14H19N5O. The molecule has 6 nitrogen and oxygen atoms in total. The van der Waals surface area contributed by atoms with Crippen molar-refractivity contribution in [2.75, 3.05) is 11.9 Å². The molecule has 0 aliphatic rings. The average molecular weight is 273 g/mol. The van der Waals surface area contributed by atoms with Crippen molar-refractivity contribution in [2.45, 2.75) is 19.9 Å². The Kier molecular flexibility index (Phi) is 4.47. The van der Waals surface area contributed by atoms with E-state index in [0.717, 1.165) is 17.1 Å². The Labute approximate surface area is 118 Å².